The number of benzene rings is 9. The van der Waals surface area contributed by atoms with Crippen molar-refractivity contribution >= 4 is 54.1 Å². The highest BCUT2D eigenvalue weighted by molar-refractivity contribution is 6.28. The fourth-order valence-corrected chi connectivity index (χ4v) is 8.97. The Hall–Kier alpha value is -7.43. The molecule has 254 valence electrons. The van der Waals surface area contributed by atoms with Crippen molar-refractivity contribution in [2.45, 2.75) is 0 Å². The van der Waals surface area contributed by atoms with Gasteiger partial charge < -0.3 is 4.57 Å². The average Bonchev–Trinajstić information content (AvgIpc) is 3.77. The van der Waals surface area contributed by atoms with Gasteiger partial charge in [-0.2, -0.15) is 0 Å². The molecule has 0 atom stereocenters. The van der Waals surface area contributed by atoms with Crippen LogP contribution in [0.5, 0.6) is 0 Å². The van der Waals surface area contributed by atoms with Gasteiger partial charge in [0.1, 0.15) is 0 Å². The molecule has 0 saturated heterocycles. The molecule has 4 nitrogen and oxygen atoms in total. The SMILES string of the molecule is c1ccc(-c2nc(-c3ccccc3)nc(-c3cc(-n4c5ccccc5c5c6c(ccc7ccccc76)ccc54)cc4c3-c3cccc5cccc-4c35)n2)cc1. The van der Waals surface area contributed by atoms with Crippen molar-refractivity contribution in [3.63, 3.8) is 0 Å². The minimum atomic E-state index is 0.646. The van der Waals surface area contributed by atoms with Gasteiger partial charge in [0.25, 0.3) is 0 Å². The van der Waals surface area contributed by atoms with Crippen LogP contribution >= 0.6 is 0 Å². The third-order valence-electron chi connectivity index (χ3n) is 11.3. The average molecular weight is 699 g/mol. The van der Waals surface area contributed by atoms with Crippen LogP contribution in [0.3, 0.4) is 0 Å². The summed E-state index contributed by atoms with van der Waals surface area (Å²) in [5, 5.41) is 9.98. The van der Waals surface area contributed by atoms with Gasteiger partial charge in [0, 0.05) is 38.7 Å². The number of hydrogen-bond acceptors (Lipinski definition) is 3. The smallest absolute Gasteiger partial charge is 0.164 e. The molecule has 0 bridgehead atoms. The Morgan fingerprint density at radius 3 is 1.65 bits per heavy atom. The predicted molar refractivity (Wildman–Crippen MR) is 227 cm³/mol. The molecule has 11 aromatic rings. The van der Waals surface area contributed by atoms with Crippen molar-refractivity contribution in [3.8, 4) is 62.1 Å². The topological polar surface area (TPSA) is 43.6 Å². The van der Waals surface area contributed by atoms with Crippen molar-refractivity contribution in [3.05, 3.63) is 182 Å². The lowest BCUT2D eigenvalue weighted by Gasteiger charge is -2.16. The molecule has 0 N–H and O–H groups in total. The second kappa shape index (κ2) is 11.5. The van der Waals surface area contributed by atoms with Crippen LogP contribution in [0.4, 0.5) is 0 Å². The van der Waals surface area contributed by atoms with Gasteiger partial charge in [-0.05, 0) is 73.3 Å². The maximum atomic E-state index is 5.29. The Labute approximate surface area is 316 Å². The van der Waals surface area contributed by atoms with Gasteiger partial charge in [0.15, 0.2) is 17.5 Å². The summed E-state index contributed by atoms with van der Waals surface area (Å²) in [5.41, 5.74) is 11.0. The maximum Gasteiger partial charge on any atom is 0.164 e. The molecule has 0 radical (unpaired) electrons. The van der Waals surface area contributed by atoms with Gasteiger partial charge in [-0.15, -0.1) is 0 Å². The first-order valence-electron chi connectivity index (χ1n) is 18.7. The van der Waals surface area contributed by atoms with E-state index in [4.69, 9.17) is 15.0 Å². The summed E-state index contributed by atoms with van der Waals surface area (Å²) in [6.07, 6.45) is 0. The highest BCUT2D eigenvalue weighted by atomic mass is 15.0. The van der Waals surface area contributed by atoms with Crippen LogP contribution in [0.15, 0.2) is 182 Å². The van der Waals surface area contributed by atoms with Crippen LogP contribution in [-0.4, -0.2) is 19.5 Å². The fraction of sp³-hybridized carbons (Fsp3) is 0. The number of rotatable bonds is 4. The highest BCUT2D eigenvalue weighted by Gasteiger charge is 2.28. The lowest BCUT2D eigenvalue weighted by Crippen LogP contribution is -2.02. The van der Waals surface area contributed by atoms with Crippen molar-refractivity contribution in [1.82, 2.24) is 19.5 Å². The third-order valence-corrected chi connectivity index (χ3v) is 11.3. The number of fused-ring (bicyclic) bond motifs is 10. The Balaban J connectivity index is 1.22. The molecule has 9 aromatic carbocycles. The number of nitrogens with zero attached hydrogens (tertiary/aromatic N) is 4. The van der Waals surface area contributed by atoms with E-state index in [1.807, 2.05) is 36.4 Å². The van der Waals surface area contributed by atoms with E-state index < -0.39 is 0 Å². The molecule has 1 aliphatic carbocycles. The summed E-state index contributed by atoms with van der Waals surface area (Å²) in [6.45, 7) is 0. The molecule has 12 rings (SSSR count). The molecule has 4 heteroatoms. The summed E-state index contributed by atoms with van der Waals surface area (Å²) in [7, 11) is 0. The second-order valence-corrected chi connectivity index (χ2v) is 14.4. The Morgan fingerprint density at radius 1 is 0.327 bits per heavy atom. The standard InChI is InChI=1S/C51H30N4/c1-3-14-34(15-4-1)49-52-50(35-16-5-2-6-17-35)54-51(53-49)42-30-36(29-41-38-22-11-18-32-19-12-23-40(45(32)38)47(41)42)55-43-24-10-9-21-39(43)48-44(55)28-27-33-26-25-31-13-7-8-20-37(31)46(33)48/h1-30H. The van der Waals surface area contributed by atoms with Gasteiger partial charge in [0.05, 0.1) is 11.0 Å². The minimum absolute atomic E-state index is 0.646. The molecule has 2 heterocycles. The minimum Gasteiger partial charge on any atom is -0.309 e. The van der Waals surface area contributed by atoms with Gasteiger partial charge in [-0.1, -0.05) is 158 Å². The zero-order chi connectivity index (χ0) is 36.0. The monoisotopic (exact) mass is 698 g/mol. The summed E-state index contributed by atoms with van der Waals surface area (Å²) in [6, 6.07) is 65.0. The first-order chi connectivity index (χ1) is 27.3. The fourth-order valence-electron chi connectivity index (χ4n) is 8.97. The van der Waals surface area contributed by atoms with Crippen molar-refractivity contribution in [2.75, 3.05) is 0 Å². The molecular weight excluding hydrogens is 669 g/mol. The normalized spacial score (nSPS) is 12.0. The maximum absolute atomic E-state index is 5.29. The quantitative estimate of drug-likeness (QED) is 0.172. The lowest BCUT2D eigenvalue weighted by atomic mass is 9.96. The molecule has 0 fully saturated rings. The molecule has 0 saturated carbocycles. The first kappa shape index (κ1) is 30.1. The van der Waals surface area contributed by atoms with Crippen LogP contribution < -0.4 is 0 Å². The van der Waals surface area contributed by atoms with Gasteiger partial charge in [0.2, 0.25) is 0 Å². The van der Waals surface area contributed by atoms with E-state index in [1.165, 1.54) is 59.8 Å². The van der Waals surface area contributed by atoms with Crippen molar-refractivity contribution in [1.29, 1.82) is 0 Å². The first-order valence-corrected chi connectivity index (χ1v) is 18.7. The van der Waals surface area contributed by atoms with Crippen LogP contribution in [0, 0.1) is 0 Å². The molecule has 55 heavy (non-hydrogen) atoms. The van der Waals surface area contributed by atoms with Crippen LogP contribution in [0.2, 0.25) is 0 Å². The summed E-state index contributed by atoms with van der Waals surface area (Å²) < 4.78 is 2.44. The predicted octanol–water partition coefficient (Wildman–Crippen LogP) is 13.1. The van der Waals surface area contributed by atoms with Crippen LogP contribution in [0.1, 0.15) is 0 Å². The highest BCUT2D eigenvalue weighted by Crippen LogP contribution is 2.52. The van der Waals surface area contributed by atoms with E-state index in [1.54, 1.807) is 0 Å². The number of para-hydroxylation sites is 1. The van der Waals surface area contributed by atoms with E-state index in [-0.39, 0.29) is 0 Å². The van der Waals surface area contributed by atoms with Crippen molar-refractivity contribution in [2.24, 2.45) is 0 Å². The molecule has 1 aliphatic rings. The van der Waals surface area contributed by atoms with Gasteiger partial charge in [-0.3, -0.25) is 0 Å². The van der Waals surface area contributed by atoms with E-state index in [0.717, 1.165) is 39.0 Å². The Morgan fingerprint density at radius 2 is 0.891 bits per heavy atom. The van der Waals surface area contributed by atoms with Crippen molar-refractivity contribution < 1.29 is 0 Å². The summed E-state index contributed by atoms with van der Waals surface area (Å²) in [5.74, 6) is 1.94. The second-order valence-electron chi connectivity index (χ2n) is 14.4. The van der Waals surface area contributed by atoms with E-state index >= 15 is 0 Å². The Kier molecular flexibility index (Phi) is 6.31. The molecule has 0 spiro atoms. The van der Waals surface area contributed by atoms with Crippen LogP contribution in [0.25, 0.3) is 116 Å². The zero-order valence-corrected chi connectivity index (χ0v) is 29.6. The number of aromatic nitrogens is 4. The summed E-state index contributed by atoms with van der Waals surface area (Å²) >= 11 is 0. The molecule has 0 unspecified atom stereocenters. The molecule has 2 aromatic heterocycles. The zero-order valence-electron chi connectivity index (χ0n) is 29.6. The summed E-state index contributed by atoms with van der Waals surface area (Å²) in [4.78, 5) is 15.6. The van der Waals surface area contributed by atoms with Gasteiger partial charge in [-0.25, -0.2) is 15.0 Å². The van der Waals surface area contributed by atoms with E-state index in [0.29, 0.717) is 17.5 Å². The van der Waals surface area contributed by atoms with Gasteiger partial charge >= 0.3 is 0 Å². The largest absolute Gasteiger partial charge is 0.309 e. The van der Waals surface area contributed by atoms with E-state index in [2.05, 4.69) is 150 Å². The molecule has 0 aliphatic heterocycles. The third kappa shape index (κ3) is 4.43. The molecule has 0 amide bonds. The Bertz CT molecular complexity index is 3300. The van der Waals surface area contributed by atoms with Crippen LogP contribution in [-0.2, 0) is 0 Å². The lowest BCUT2D eigenvalue weighted by molar-refractivity contribution is 1.07. The number of hydrogen-bond donors (Lipinski definition) is 0. The molecular formula is C51H30N4. The van der Waals surface area contributed by atoms with E-state index in [9.17, 15) is 0 Å².